The Bertz CT molecular complexity index is 572. The van der Waals surface area contributed by atoms with Gasteiger partial charge in [0.15, 0.2) is 0 Å². The van der Waals surface area contributed by atoms with Crippen molar-refractivity contribution in [3.8, 4) is 5.69 Å². The van der Waals surface area contributed by atoms with Crippen LogP contribution in [-0.4, -0.2) is 29.5 Å². The predicted molar refractivity (Wildman–Crippen MR) is 77.5 cm³/mol. The lowest BCUT2D eigenvalue weighted by Gasteiger charge is -2.16. The van der Waals surface area contributed by atoms with Gasteiger partial charge in [-0.1, -0.05) is 12.1 Å². The Morgan fingerprint density at radius 2 is 1.95 bits per heavy atom. The van der Waals surface area contributed by atoms with Crippen molar-refractivity contribution >= 4 is 11.6 Å². The maximum atomic E-state index is 11.3. The van der Waals surface area contributed by atoms with Gasteiger partial charge in [-0.3, -0.25) is 4.79 Å². The lowest BCUT2D eigenvalue weighted by atomic mass is 10.2. The number of carbonyl (C=O) groups excluding carboxylic acids is 1. The molecule has 1 N–H and O–H groups in total. The van der Waals surface area contributed by atoms with Gasteiger partial charge in [-0.2, -0.15) is 0 Å². The van der Waals surface area contributed by atoms with Crippen molar-refractivity contribution < 1.29 is 4.79 Å². The molecule has 1 aromatic carbocycles. The summed E-state index contributed by atoms with van der Waals surface area (Å²) >= 11 is 0. The summed E-state index contributed by atoms with van der Waals surface area (Å²) in [5.74, 6) is -0.0613. The molecule has 0 fully saturated rings. The number of hydrogen-bond acceptors (Lipinski definition) is 2. The number of para-hydroxylation sites is 2. The van der Waals surface area contributed by atoms with Gasteiger partial charge < -0.3 is 14.8 Å². The van der Waals surface area contributed by atoms with Crippen molar-refractivity contribution in [2.45, 2.75) is 13.5 Å². The highest BCUT2D eigenvalue weighted by molar-refractivity contribution is 5.91. The normalized spacial score (nSPS) is 10.7. The topological polar surface area (TPSA) is 37.3 Å². The van der Waals surface area contributed by atoms with Gasteiger partial charge in [-0.05, 0) is 38.4 Å². The van der Waals surface area contributed by atoms with Crippen molar-refractivity contribution in [3.05, 3.63) is 48.3 Å². The monoisotopic (exact) mass is 257 g/mol. The first-order chi connectivity index (χ1) is 9.08. The summed E-state index contributed by atoms with van der Waals surface area (Å²) in [6.45, 7) is 2.37. The van der Waals surface area contributed by atoms with Crippen LogP contribution in [0.5, 0.6) is 0 Å². The van der Waals surface area contributed by atoms with Crippen molar-refractivity contribution in [2.24, 2.45) is 0 Å². The SMILES string of the molecule is CC(=O)Nc1ccccc1-n1cccc1CN(C)C. The molecule has 2 rings (SSSR count). The molecule has 0 aliphatic heterocycles. The molecule has 0 atom stereocenters. The summed E-state index contributed by atoms with van der Waals surface area (Å²) in [5, 5.41) is 2.87. The number of nitrogens with one attached hydrogen (secondary N) is 1. The third-order valence-corrected chi connectivity index (χ3v) is 2.79. The summed E-state index contributed by atoms with van der Waals surface area (Å²) in [5.41, 5.74) is 2.99. The number of aromatic nitrogens is 1. The summed E-state index contributed by atoms with van der Waals surface area (Å²) in [4.78, 5) is 13.4. The Balaban J connectivity index is 2.41. The van der Waals surface area contributed by atoms with Crippen LogP contribution < -0.4 is 5.32 Å². The molecule has 2 aromatic rings. The van der Waals surface area contributed by atoms with Crippen LogP contribution in [0.2, 0.25) is 0 Å². The second-order valence-electron chi connectivity index (χ2n) is 4.81. The molecular weight excluding hydrogens is 238 g/mol. The Morgan fingerprint density at radius 1 is 1.21 bits per heavy atom. The molecule has 100 valence electrons. The van der Waals surface area contributed by atoms with Crippen molar-refractivity contribution in [1.29, 1.82) is 0 Å². The molecule has 0 saturated carbocycles. The van der Waals surface area contributed by atoms with Crippen LogP contribution in [-0.2, 0) is 11.3 Å². The number of benzene rings is 1. The molecule has 1 amide bonds. The van der Waals surface area contributed by atoms with E-state index in [1.165, 1.54) is 12.6 Å². The van der Waals surface area contributed by atoms with E-state index in [4.69, 9.17) is 0 Å². The first-order valence-corrected chi connectivity index (χ1v) is 6.26. The molecule has 1 heterocycles. The molecule has 0 aliphatic carbocycles. The molecule has 4 nitrogen and oxygen atoms in total. The van der Waals surface area contributed by atoms with Crippen molar-refractivity contribution in [1.82, 2.24) is 9.47 Å². The average molecular weight is 257 g/mol. The lowest BCUT2D eigenvalue weighted by molar-refractivity contribution is -0.114. The first kappa shape index (κ1) is 13.4. The van der Waals surface area contributed by atoms with Gasteiger partial charge in [0.05, 0.1) is 11.4 Å². The van der Waals surface area contributed by atoms with Crippen LogP contribution in [0.15, 0.2) is 42.6 Å². The highest BCUT2D eigenvalue weighted by Crippen LogP contribution is 2.22. The van der Waals surface area contributed by atoms with Crippen LogP contribution in [0, 0.1) is 0 Å². The van der Waals surface area contributed by atoms with Gasteiger partial charge in [0.2, 0.25) is 5.91 Å². The number of nitrogens with zero attached hydrogens (tertiary/aromatic N) is 2. The zero-order valence-electron chi connectivity index (χ0n) is 11.6. The number of amides is 1. The summed E-state index contributed by atoms with van der Waals surface area (Å²) in [6.07, 6.45) is 2.01. The molecule has 0 bridgehead atoms. The predicted octanol–water partition coefficient (Wildman–Crippen LogP) is 2.50. The molecular formula is C15H19N3O. The fraction of sp³-hybridized carbons (Fsp3) is 0.267. The molecule has 0 saturated heterocycles. The number of anilines is 1. The largest absolute Gasteiger partial charge is 0.325 e. The maximum absolute atomic E-state index is 11.3. The standard InChI is InChI=1S/C15H19N3O/c1-12(19)16-14-8-4-5-9-15(14)18-10-6-7-13(18)11-17(2)3/h4-10H,11H2,1-3H3,(H,16,19). The molecule has 4 heteroatoms. The van der Waals surface area contributed by atoms with Crippen LogP contribution in [0.25, 0.3) is 5.69 Å². The fourth-order valence-corrected chi connectivity index (χ4v) is 2.08. The Kier molecular flexibility index (Phi) is 4.02. The minimum atomic E-state index is -0.0613. The number of rotatable bonds is 4. The zero-order chi connectivity index (χ0) is 13.8. The molecule has 0 unspecified atom stereocenters. The van der Waals surface area contributed by atoms with E-state index in [0.29, 0.717) is 0 Å². The highest BCUT2D eigenvalue weighted by atomic mass is 16.1. The van der Waals surface area contributed by atoms with Gasteiger partial charge in [-0.25, -0.2) is 0 Å². The Morgan fingerprint density at radius 3 is 2.63 bits per heavy atom. The minimum Gasteiger partial charge on any atom is -0.325 e. The van der Waals surface area contributed by atoms with E-state index in [1.807, 2.05) is 50.6 Å². The molecule has 0 radical (unpaired) electrons. The third-order valence-electron chi connectivity index (χ3n) is 2.79. The Labute approximate surface area is 113 Å². The fourth-order valence-electron chi connectivity index (χ4n) is 2.08. The second-order valence-corrected chi connectivity index (χ2v) is 4.81. The van der Waals surface area contributed by atoms with Crippen LogP contribution in [0.4, 0.5) is 5.69 Å². The van der Waals surface area contributed by atoms with Gasteiger partial charge in [-0.15, -0.1) is 0 Å². The highest BCUT2D eigenvalue weighted by Gasteiger charge is 2.09. The van der Waals surface area contributed by atoms with E-state index < -0.39 is 0 Å². The molecule has 0 spiro atoms. The van der Waals surface area contributed by atoms with Crippen molar-refractivity contribution in [3.63, 3.8) is 0 Å². The molecule has 19 heavy (non-hydrogen) atoms. The minimum absolute atomic E-state index is 0.0613. The quantitative estimate of drug-likeness (QED) is 0.913. The van der Waals surface area contributed by atoms with E-state index in [0.717, 1.165) is 17.9 Å². The zero-order valence-corrected chi connectivity index (χ0v) is 11.6. The number of carbonyl (C=O) groups is 1. The summed E-state index contributed by atoms with van der Waals surface area (Å²) in [6, 6.07) is 11.9. The first-order valence-electron chi connectivity index (χ1n) is 6.26. The van der Waals surface area contributed by atoms with Gasteiger partial charge in [0.25, 0.3) is 0 Å². The smallest absolute Gasteiger partial charge is 0.221 e. The van der Waals surface area contributed by atoms with Gasteiger partial charge >= 0.3 is 0 Å². The maximum Gasteiger partial charge on any atom is 0.221 e. The van der Waals surface area contributed by atoms with E-state index >= 15 is 0 Å². The van der Waals surface area contributed by atoms with E-state index in [9.17, 15) is 4.79 Å². The van der Waals surface area contributed by atoms with E-state index in [2.05, 4.69) is 20.9 Å². The third kappa shape index (κ3) is 3.23. The van der Waals surface area contributed by atoms with Crippen LogP contribution in [0.1, 0.15) is 12.6 Å². The van der Waals surface area contributed by atoms with Gasteiger partial charge in [0.1, 0.15) is 0 Å². The summed E-state index contributed by atoms with van der Waals surface area (Å²) in [7, 11) is 4.08. The van der Waals surface area contributed by atoms with Crippen molar-refractivity contribution in [2.75, 3.05) is 19.4 Å². The van der Waals surface area contributed by atoms with Crippen LogP contribution >= 0.6 is 0 Å². The van der Waals surface area contributed by atoms with Crippen LogP contribution in [0.3, 0.4) is 0 Å². The van der Waals surface area contributed by atoms with E-state index in [-0.39, 0.29) is 5.91 Å². The van der Waals surface area contributed by atoms with Gasteiger partial charge in [0, 0.05) is 25.4 Å². The second kappa shape index (κ2) is 5.71. The molecule has 1 aromatic heterocycles. The molecule has 0 aliphatic rings. The summed E-state index contributed by atoms with van der Waals surface area (Å²) < 4.78 is 2.10. The number of hydrogen-bond donors (Lipinski definition) is 1. The van der Waals surface area contributed by atoms with E-state index in [1.54, 1.807) is 0 Å². The Hall–Kier alpha value is -2.07. The lowest BCUT2D eigenvalue weighted by Crippen LogP contribution is -2.15. The average Bonchev–Trinajstić information content (AvgIpc) is 2.76.